The van der Waals surface area contributed by atoms with E-state index in [-0.39, 0.29) is 11.9 Å². The minimum atomic E-state index is -3.67. The molecule has 2 aromatic rings. The normalized spacial score (nSPS) is 11.9. The van der Waals surface area contributed by atoms with Crippen molar-refractivity contribution in [1.82, 2.24) is 5.32 Å². The number of carbonyl (C=O) groups excluding carboxylic acids is 1. The maximum Gasteiger partial charge on any atom is 0.261 e. The number of nitrogens with two attached hydrogens (primary N) is 1. The average molecular weight is 429 g/mol. The van der Waals surface area contributed by atoms with Gasteiger partial charge >= 0.3 is 0 Å². The number of benzene rings is 2. The fourth-order valence-electron chi connectivity index (χ4n) is 2.03. The summed E-state index contributed by atoms with van der Waals surface area (Å²) in [7, 11) is -3.67. The molecule has 0 fully saturated rings. The van der Waals surface area contributed by atoms with Gasteiger partial charge in [-0.15, -0.1) is 0 Å². The lowest BCUT2D eigenvalue weighted by atomic mass is 10.1. The Morgan fingerprint density at radius 1 is 1.14 bits per heavy atom. The van der Waals surface area contributed by atoms with Gasteiger partial charge in [0.1, 0.15) is 12.4 Å². The van der Waals surface area contributed by atoms with Crippen molar-refractivity contribution in [1.29, 1.82) is 0 Å². The molecule has 0 bridgehead atoms. The van der Waals surface area contributed by atoms with Gasteiger partial charge in [-0.3, -0.25) is 9.35 Å². The van der Waals surface area contributed by atoms with Gasteiger partial charge in [0, 0.05) is 5.02 Å². The molecule has 4 N–H and O–H groups in total. The summed E-state index contributed by atoms with van der Waals surface area (Å²) in [4.78, 5) is 10.9. The third-order valence-electron chi connectivity index (χ3n) is 3.53. The fourth-order valence-corrected chi connectivity index (χ4v) is 2.16. The summed E-state index contributed by atoms with van der Waals surface area (Å²) >= 11 is 5.85. The van der Waals surface area contributed by atoms with Gasteiger partial charge in [-0.25, -0.2) is 0 Å². The lowest BCUT2D eigenvalue weighted by Gasteiger charge is -2.10. The maximum atomic E-state index is 10.9. The minimum Gasteiger partial charge on any atom is -0.489 e. The van der Waals surface area contributed by atoms with Gasteiger partial charge in [0.2, 0.25) is 5.91 Å². The summed E-state index contributed by atoms with van der Waals surface area (Å²) in [5.41, 5.74) is 7.45. The Balaban J connectivity index is 0.000000696. The lowest BCUT2D eigenvalue weighted by molar-refractivity contribution is -0.119. The Labute approximate surface area is 170 Å². The Bertz CT molecular complexity index is 832. The van der Waals surface area contributed by atoms with E-state index in [1.165, 1.54) is 5.56 Å². The molecule has 0 heterocycles. The third kappa shape index (κ3) is 11.6. The zero-order valence-corrected chi connectivity index (χ0v) is 17.3. The van der Waals surface area contributed by atoms with Crippen LogP contribution in [0.1, 0.15) is 18.1 Å². The maximum absolute atomic E-state index is 10.9. The van der Waals surface area contributed by atoms with Crippen LogP contribution in [0.25, 0.3) is 0 Å². The molecule has 28 heavy (non-hydrogen) atoms. The number of ether oxygens (including phenoxy) is 1. The Kier molecular flexibility index (Phi) is 9.95. The molecule has 0 aromatic heterocycles. The Morgan fingerprint density at radius 2 is 1.64 bits per heavy atom. The predicted octanol–water partition coefficient (Wildman–Crippen LogP) is 2.43. The molecule has 1 unspecified atom stereocenters. The van der Waals surface area contributed by atoms with Crippen LogP contribution < -0.4 is 15.8 Å². The highest BCUT2D eigenvalue weighted by molar-refractivity contribution is 7.85. The van der Waals surface area contributed by atoms with Crippen molar-refractivity contribution in [2.75, 3.05) is 12.8 Å². The SMILES string of the molecule is CC(NCCc1ccc(OCc2ccc(Cl)cc2)cc1)C(N)=O.CS(=O)(=O)O. The molecule has 0 aliphatic carbocycles. The molecule has 0 radical (unpaired) electrons. The molecule has 7 nitrogen and oxygen atoms in total. The van der Waals surface area contributed by atoms with Gasteiger partial charge in [0.25, 0.3) is 10.1 Å². The van der Waals surface area contributed by atoms with Gasteiger partial charge in [0.05, 0.1) is 12.3 Å². The highest BCUT2D eigenvalue weighted by Gasteiger charge is 2.06. The van der Waals surface area contributed by atoms with E-state index < -0.39 is 10.1 Å². The van der Waals surface area contributed by atoms with Gasteiger partial charge in [-0.2, -0.15) is 8.42 Å². The molecular formula is C19H25ClN2O5S. The molecule has 0 aliphatic rings. The van der Waals surface area contributed by atoms with Crippen LogP contribution in [0.3, 0.4) is 0 Å². The summed E-state index contributed by atoms with van der Waals surface area (Å²) in [6, 6.07) is 15.2. The van der Waals surface area contributed by atoms with E-state index in [1.54, 1.807) is 6.92 Å². The lowest BCUT2D eigenvalue weighted by Crippen LogP contribution is -2.39. The second-order valence-corrected chi connectivity index (χ2v) is 8.02. The molecule has 0 saturated carbocycles. The van der Waals surface area contributed by atoms with E-state index in [9.17, 15) is 13.2 Å². The van der Waals surface area contributed by atoms with E-state index in [0.717, 1.165) is 22.8 Å². The van der Waals surface area contributed by atoms with E-state index in [2.05, 4.69) is 5.32 Å². The van der Waals surface area contributed by atoms with Crippen LogP contribution in [-0.4, -0.2) is 37.7 Å². The van der Waals surface area contributed by atoms with Crippen molar-refractivity contribution in [2.24, 2.45) is 5.73 Å². The average Bonchev–Trinajstić information content (AvgIpc) is 2.61. The Hall–Kier alpha value is -2.13. The van der Waals surface area contributed by atoms with Crippen molar-refractivity contribution < 1.29 is 22.5 Å². The highest BCUT2D eigenvalue weighted by atomic mass is 35.5. The van der Waals surface area contributed by atoms with Gasteiger partial charge in [-0.1, -0.05) is 35.9 Å². The van der Waals surface area contributed by atoms with Crippen molar-refractivity contribution >= 4 is 27.6 Å². The van der Waals surface area contributed by atoms with Crippen LogP contribution in [0, 0.1) is 0 Å². The highest BCUT2D eigenvalue weighted by Crippen LogP contribution is 2.16. The van der Waals surface area contributed by atoms with Crippen molar-refractivity contribution in [2.45, 2.75) is 26.0 Å². The molecule has 2 aromatic carbocycles. The van der Waals surface area contributed by atoms with E-state index in [4.69, 9.17) is 26.6 Å². The number of nitrogens with one attached hydrogen (secondary N) is 1. The molecule has 154 valence electrons. The van der Waals surface area contributed by atoms with Gasteiger partial charge < -0.3 is 15.8 Å². The molecule has 0 saturated heterocycles. The number of rotatable bonds is 8. The molecule has 9 heteroatoms. The number of hydrogen-bond donors (Lipinski definition) is 3. The summed E-state index contributed by atoms with van der Waals surface area (Å²) in [6.45, 7) is 2.97. The Morgan fingerprint density at radius 3 is 2.14 bits per heavy atom. The van der Waals surface area contributed by atoms with Crippen LogP contribution in [0.4, 0.5) is 0 Å². The standard InChI is InChI=1S/C18H21ClN2O2.CH4O3S/c1-13(18(20)22)21-11-10-14-4-8-17(9-5-14)23-12-15-2-6-16(19)7-3-15;1-5(2,3)4/h2-9,13,21H,10-12H2,1H3,(H2,20,22);1H3,(H,2,3,4). The fraction of sp³-hybridized carbons (Fsp3) is 0.316. The van der Waals surface area contributed by atoms with E-state index in [1.807, 2.05) is 48.5 Å². The van der Waals surface area contributed by atoms with Crippen LogP contribution in [0.15, 0.2) is 48.5 Å². The van der Waals surface area contributed by atoms with Gasteiger partial charge in [0.15, 0.2) is 0 Å². The first-order valence-electron chi connectivity index (χ1n) is 8.46. The second-order valence-electron chi connectivity index (χ2n) is 6.12. The van der Waals surface area contributed by atoms with Crippen LogP contribution in [-0.2, 0) is 27.9 Å². The van der Waals surface area contributed by atoms with Crippen molar-refractivity contribution in [3.8, 4) is 5.75 Å². The topological polar surface area (TPSA) is 119 Å². The molecule has 1 atom stereocenters. The number of carbonyl (C=O) groups is 1. The summed E-state index contributed by atoms with van der Waals surface area (Å²) in [6.07, 6.45) is 1.54. The van der Waals surface area contributed by atoms with Crippen molar-refractivity contribution in [3.05, 3.63) is 64.7 Å². The zero-order valence-electron chi connectivity index (χ0n) is 15.8. The molecule has 1 amide bonds. The number of hydrogen-bond acceptors (Lipinski definition) is 5. The molecule has 0 aliphatic heterocycles. The van der Waals surface area contributed by atoms with Crippen molar-refractivity contribution in [3.63, 3.8) is 0 Å². The largest absolute Gasteiger partial charge is 0.489 e. The summed E-state index contributed by atoms with van der Waals surface area (Å²) in [5.74, 6) is 0.484. The quantitative estimate of drug-likeness (QED) is 0.555. The first kappa shape index (κ1) is 23.9. The van der Waals surface area contributed by atoms with Crippen LogP contribution >= 0.6 is 11.6 Å². The van der Waals surface area contributed by atoms with E-state index >= 15 is 0 Å². The number of amides is 1. The summed E-state index contributed by atoms with van der Waals surface area (Å²) < 4.78 is 31.6. The van der Waals surface area contributed by atoms with Crippen LogP contribution in [0.2, 0.25) is 5.02 Å². The monoisotopic (exact) mass is 428 g/mol. The molecule has 0 spiro atoms. The zero-order chi connectivity index (χ0) is 21.2. The molecular weight excluding hydrogens is 404 g/mol. The summed E-state index contributed by atoms with van der Waals surface area (Å²) in [5, 5.41) is 3.80. The van der Waals surface area contributed by atoms with Gasteiger partial charge in [-0.05, 0) is 55.3 Å². The number of primary amides is 1. The smallest absolute Gasteiger partial charge is 0.261 e. The van der Waals surface area contributed by atoms with Crippen LogP contribution in [0.5, 0.6) is 5.75 Å². The third-order valence-corrected chi connectivity index (χ3v) is 3.79. The predicted molar refractivity (Wildman–Crippen MR) is 110 cm³/mol. The first-order valence-corrected chi connectivity index (χ1v) is 10.7. The first-order chi connectivity index (χ1) is 13.0. The van der Waals surface area contributed by atoms with E-state index in [0.29, 0.717) is 19.4 Å². The minimum absolute atomic E-state index is 0.308. The second kappa shape index (κ2) is 11.7. The number of halogens is 1. The molecule has 2 rings (SSSR count).